The summed E-state index contributed by atoms with van der Waals surface area (Å²) in [5, 5.41) is 2.64. The van der Waals surface area contributed by atoms with Crippen LogP contribution in [0.1, 0.15) is 26.7 Å². The summed E-state index contributed by atoms with van der Waals surface area (Å²) in [7, 11) is 0. The quantitative estimate of drug-likeness (QED) is 0.909. The van der Waals surface area contributed by atoms with Gasteiger partial charge in [0, 0.05) is 30.9 Å². The number of halogens is 2. The Labute approximate surface area is 111 Å². The number of hydrogen-bond acceptors (Lipinski definition) is 2. The van der Waals surface area contributed by atoms with E-state index in [0.29, 0.717) is 11.4 Å². The number of carbonyl (C=O) groups excluding carboxylic acids is 1. The maximum absolute atomic E-state index is 12.8. The van der Waals surface area contributed by atoms with E-state index in [1.807, 2.05) is 0 Å². The minimum absolute atomic E-state index is 0.121. The molecule has 0 radical (unpaired) electrons. The highest BCUT2D eigenvalue weighted by atomic mass is 19.3. The smallest absolute Gasteiger partial charge is 0.249 e. The first-order chi connectivity index (χ1) is 8.78. The number of nitrogens with one attached hydrogen (secondary N) is 1. The van der Waals surface area contributed by atoms with Crippen molar-refractivity contribution in [3.63, 3.8) is 0 Å². The molecule has 0 atom stereocenters. The van der Waals surface area contributed by atoms with Crippen LogP contribution in [0.3, 0.4) is 0 Å². The standard InChI is InChI=1S/C14H17F2NO2/c1-10(18)17-11-3-5-12(6-4-11)19-9-13(2)7-14(15,16)8-13/h3-6H,7-9H2,1-2H3,(H,17,18). The number of hydrogen-bond donors (Lipinski definition) is 1. The molecular formula is C14H17F2NO2. The highest BCUT2D eigenvalue weighted by Gasteiger charge is 2.54. The molecule has 1 aliphatic carbocycles. The first-order valence-electron chi connectivity index (χ1n) is 6.16. The van der Waals surface area contributed by atoms with Crippen LogP contribution in [0.15, 0.2) is 24.3 Å². The predicted molar refractivity (Wildman–Crippen MR) is 68.5 cm³/mol. The molecule has 0 aliphatic heterocycles. The van der Waals surface area contributed by atoms with Gasteiger partial charge in [0.1, 0.15) is 5.75 Å². The Bertz CT molecular complexity index is 463. The van der Waals surface area contributed by atoms with Gasteiger partial charge >= 0.3 is 0 Å². The monoisotopic (exact) mass is 269 g/mol. The number of ether oxygens (including phenoxy) is 1. The fraction of sp³-hybridized carbons (Fsp3) is 0.500. The second kappa shape index (κ2) is 4.79. The summed E-state index contributed by atoms with van der Waals surface area (Å²) >= 11 is 0. The lowest BCUT2D eigenvalue weighted by molar-refractivity contribution is -0.164. The zero-order valence-electron chi connectivity index (χ0n) is 11.0. The first-order valence-corrected chi connectivity index (χ1v) is 6.16. The van der Waals surface area contributed by atoms with Crippen LogP contribution >= 0.6 is 0 Å². The van der Waals surface area contributed by atoms with Crippen LogP contribution in [-0.4, -0.2) is 18.4 Å². The van der Waals surface area contributed by atoms with Crippen molar-refractivity contribution in [2.75, 3.05) is 11.9 Å². The van der Waals surface area contributed by atoms with Crippen molar-refractivity contribution in [3.8, 4) is 5.75 Å². The van der Waals surface area contributed by atoms with E-state index in [0.717, 1.165) is 0 Å². The molecule has 1 aromatic rings. The van der Waals surface area contributed by atoms with Gasteiger partial charge in [-0.15, -0.1) is 0 Å². The maximum Gasteiger partial charge on any atom is 0.249 e. The zero-order chi connectivity index (χ0) is 14.1. The van der Waals surface area contributed by atoms with Crippen LogP contribution in [0, 0.1) is 5.41 Å². The van der Waals surface area contributed by atoms with Gasteiger partial charge in [-0.2, -0.15) is 0 Å². The number of amides is 1. The van der Waals surface area contributed by atoms with E-state index in [1.54, 1.807) is 31.2 Å². The molecule has 1 fully saturated rings. The van der Waals surface area contributed by atoms with Crippen LogP contribution in [0.5, 0.6) is 5.75 Å². The van der Waals surface area contributed by atoms with Gasteiger partial charge in [0.25, 0.3) is 0 Å². The van der Waals surface area contributed by atoms with Crippen molar-refractivity contribution < 1.29 is 18.3 Å². The molecule has 0 spiro atoms. The minimum atomic E-state index is -2.53. The van der Waals surface area contributed by atoms with Crippen LogP contribution in [0.2, 0.25) is 0 Å². The lowest BCUT2D eigenvalue weighted by atomic mass is 9.68. The molecule has 0 heterocycles. The Morgan fingerprint density at radius 3 is 2.37 bits per heavy atom. The van der Waals surface area contributed by atoms with E-state index in [1.165, 1.54) is 6.92 Å². The molecule has 1 saturated carbocycles. The Kier molecular flexibility index (Phi) is 3.47. The molecule has 19 heavy (non-hydrogen) atoms. The van der Waals surface area contributed by atoms with E-state index >= 15 is 0 Å². The summed E-state index contributed by atoms with van der Waals surface area (Å²) in [5.41, 5.74) is 0.237. The molecule has 2 rings (SSSR count). The number of anilines is 1. The van der Waals surface area contributed by atoms with E-state index in [9.17, 15) is 13.6 Å². The third-order valence-electron chi connectivity index (χ3n) is 3.13. The Morgan fingerprint density at radius 2 is 1.89 bits per heavy atom. The van der Waals surface area contributed by atoms with Crippen LogP contribution in [-0.2, 0) is 4.79 Å². The van der Waals surface area contributed by atoms with Gasteiger partial charge in [-0.1, -0.05) is 6.92 Å². The van der Waals surface area contributed by atoms with E-state index in [2.05, 4.69) is 5.32 Å². The first kappa shape index (κ1) is 13.8. The van der Waals surface area contributed by atoms with E-state index in [4.69, 9.17) is 4.74 Å². The van der Waals surface area contributed by atoms with Gasteiger partial charge in [0.15, 0.2) is 0 Å². The normalized spacial score (nSPS) is 19.4. The van der Waals surface area contributed by atoms with Gasteiger partial charge in [-0.05, 0) is 24.3 Å². The number of benzene rings is 1. The molecular weight excluding hydrogens is 252 g/mol. The number of alkyl halides is 2. The van der Waals surface area contributed by atoms with E-state index in [-0.39, 0.29) is 25.4 Å². The van der Waals surface area contributed by atoms with Crippen molar-refractivity contribution in [2.45, 2.75) is 32.6 Å². The van der Waals surface area contributed by atoms with Gasteiger partial charge in [0.05, 0.1) is 6.61 Å². The summed E-state index contributed by atoms with van der Waals surface area (Å²) in [6.07, 6.45) is -0.242. The second-order valence-corrected chi connectivity index (χ2v) is 5.51. The van der Waals surface area contributed by atoms with Gasteiger partial charge < -0.3 is 10.1 Å². The predicted octanol–water partition coefficient (Wildman–Crippen LogP) is 3.46. The minimum Gasteiger partial charge on any atom is -0.493 e. The number of carbonyl (C=O) groups is 1. The lowest BCUT2D eigenvalue weighted by Crippen LogP contribution is -2.47. The number of rotatable bonds is 4. The Morgan fingerprint density at radius 1 is 1.32 bits per heavy atom. The average molecular weight is 269 g/mol. The van der Waals surface area contributed by atoms with Crippen molar-refractivity contribution in [1.82, 2.24) is 0 Å². The van der Waals surface area contributed by atoms with Crippen molar-refractivity contribution in [3.05, 3.63) is 24.3 Å². The molecule has 1 amide bonds. The molecule has 1 N–H and O–H groups in total. The highest BCUT2D eigenvalue weighted by Crippen LogP contribution is 2.51. The zero-order valence-corrected chi connectivity index (χ0v) is 11.0. The third kappa shape index (κ3) is 3.66. The summed E-state index contributed by atoms with van der Waals surface area (Å²) in [4.78, 5) is 10.8. The summed E-state index contributed by atoms with van der Waals surface area (Å²) in [5.74, 6) is -2.06. The molecule has 0 aromatic heterocycles. The Balaban J connectivity index is 1.85. The molecule has 0 saturated heterocycles. The summed E-state index contributed by atoms with van der Waals surface area (Å²) in [6.45, 7) is 3.51. The van der Waals surface area contributed by atoms with Crippen LogP contribution < -0.4 is 10.1 Å². The molecule has 0 bridgehead atoms. The summed E-state index contributed by atoms with van der Waals surface area (Å²) < 4.78 is 31.2. The molecule has 3 nitrogen and oxygen atoms in total. The van der Waals surface area contributed by atoms with E-state index < -0.39 is 11.3 Å². The molecule has 0 unspecified atom stereocenters. The van der Waals surface area contributed by atoms with Crippen LogP contribution in [0.25, 0.3) is 0 Å². The van der Waals surface area contributed by atoms with Crippen molar-refractivity contribution >= 4 is 11.6 Å². The van der Waals surface area contributed by atoms with Gasteiger partial charge in [-0.25, -0.2) is 8.78 Å². The largest absolute Gasteiger partial charge is 0.493 e. The molecule has 1 aromatic carbocycles. The SMILES string of the molecule is CC(=O)Nc1ccc(OCC2(C)CC(F)(F)C2)cc1. The fourth-order valence-electron chi connectivity index (χ4n) is 2.39. The van der Waals surface area contributed by atoms with Gasteiger partial charge in [-0.3, -0.25) is 4.79 Å². The van der Waals surface area contributed by atoms with Crippen molar-refractivity contribution in [1.29, 1.82) is 0 Å². The lowest BCUT2D eigenvalue weighted by Gasteiger charge is -2.44. The third-order valence-corrected chi connectivity index (χ3v) is 3.13. The molecule has 5 heteroatoms. The van der Waals surface area contributed by atoms with Crippen molar-refractivity contribution in [2.24, 2.45) is 5.41 Å². The highest BCUT2D eigenvalue weighted by molar-refractivity contribution is 5.88. The maximum atomic E-state index is 12.8. The topological polar surface area (TPSA) is 38.3 Å². The molecule has 104 valence electrons. The fourth-order valence-corrected chi connectivity index (χ4v) is 2.39. The summed E-state index contributed by atoms with van der Waals surface area (Å²) in [6, 6.07) is 6.86. The van der Waals surface area contributed by atoms with Crippen LogP contribution in [0.4, 0.5) is 14.5 Å². The van der Waals surface area contributed by atoms with Gasteiger partial charge in [0.2, 0.25) is 11.8 Å². The average Bonchev–Trinajstić information content (AvgIpc) is 2.24. The molecule has 1 aliphatic rings. The second-order valence-electron chi connectivity index (χ2n) is 5.51. The Hall–Kier alpha value is -1.65.